The molecule has 3 rings (SSSR count). The Morgan fingerprint density at radius 1 is 1.15 bits per heavy atom. The number of hydrogen-bond acceptors (Lipinski definition) is 5. The summed E-state index contributed by atoms with van der Waals surface area (Å²) in [5.74, 6) is -0.0903. The number of pyridine rings is 1. The summed E-state index contributed by atoms with van der Waals surface area (Å²) < 4.78 is 40.3. The van der Waals surface area contributed by atoms with Crippen molar-refractivity contribution < 1.29 is 23.4 Å². The molecule has 0 saturated carbocycles. The first kappa shape index (κ1) is 25.4. The second-order valence-electron chi connectivity index (χ2n) is 7.53. The SMILES string of the molecule is CCN(CC)CC(O)CSc1c(-c2cc(Cl)ccc2O)c2cc(C(F)(F)F)ccc2[nH]c1=O. The van der Waals surface area contributed by atoms with E-state index in [9.17, 15) is 28.2 Å². The smallest absolute Gasteiger partial charge is 0.416 e. The maximum Gasteiger partial charge on any atom is 0.416 e. The molecular formula is C23H24ClF3N2O3S. The fourth-order valence-corrected chi connectivity index (χ4v) is 4.76. The molecule has 0 aliphatic heterocycles. The van der Waals surface area contributed by atoms with Gasteiger partial charge in [-0.1, -0.05) is 25.4 Å². The van der Waals surface area contributed by atoms with E-state index in [-0.39, 0.29) is 43.5 Å². The first-order valence-corrected chi connectivity index (χ1v) is 11.7. The van der Waals surface area contributed by atoms with E-state index in [0.29, 0.717) is 6.54 Å². The van der Waals surface area contributed by atoms with Gasteiger partial charge >= 0.3 is 6.18 Å². The quantitative estimate of drug-likeness (QED) is 0.363. The van der Waals surface area contributed by atoms with Gasteiger partial charge in [-0.3, -0.25) is 4.79 Å². The average molecular weight is 501 g/mol. The molecule has 3 aromatic rings. The van der Waals surface area contributed by atoms with E-state index < -0.39 is 23.4 Å². The van der Waals surface area contributed by atoms with Gasteiger partial charge in [-0.25, -0.2) is 0 Å². The normalized spacial score (nSPS) is 13.1. The molecule has 0 radical (unpaired) electrons. The summed E-state index contributed by atoms with van der Waals surface area (Å²) in [7, 11) is 0. The third-order valence-corrected chi connectivity index (χ3v) is 6.77. The Bertz CT molecular complexity index is 1200. The van der Waals surface area contributed by atoms with Crippen molar-refractivity contribution in [1.82, 2.24) is 9.88 Å². The number of thioether (sulfide) groups is 1. The molecule has 1 atom stereocenters. The van der Waals surface area contributed by atoms with Crippen LogP contribution in [0.25, 0.3) is 22.0 Å². The fourth-order valence-electron chi connectivity index (χ4n) is 3.58. The molecule has 33 heavy (non-hydrogen) atoms. The zero-order valence-corrected chi connectivity index (χ0v) is 19.6. The highest BCUT2D eigenvalue weighted by atomic mass is 35.5. The lowest BCUT2D eigenvalue weighted by Gasteiger charge is -2.22. The zero-order valence-electron chi connectivity index (χ0n) is 18.0. The lowest BCUT2D eigenvalue weighted by atomic mass is 9.98. The van der Waals surface area contributed by atoms with Gasteiger partial charge < -0.3 is 20.1 Å². The second-order valence-corrected chi connectivity index (χ2v) is 9.00. The van der Waals surface area contributed by atoms with Gasteiger partial charge in [0.15, 0.2) is 0 Å². The van der Waals surface area contributed by atoms with Gasteiger partial charge in [0.25, 0.3) is 5.56 Å². The summed E-state index contributed by atoms with van der Waals surface area (Å²) in [6.07, 6.45) is -5.36. The summed E-state index contributed by atoms with van der Waals surface area (Å²) in [6.45, 7) is 5.82. The van der Waals surface area contributed by atoms with Crippen LogP contribution in [0, 0.1) is 0 Å². The van der Waals surface area contributed by atoms with Crippen LogP contribution in [0.1, 0.15) is 19.4 Å². The molecule has 1 unspecified atom stereocenters. The number of nitrogens with zero attached hydrogens (tertiary/aromatic N) is 1. The number of phenolic OH excluding ortho intramolecular Hbond substituents is 1. The number of H-pyrrole nitrogens is 1. The highest BCUT2D eigenvalue weighted by Crippen LogP contribution is 2.42. The highest BCUT2D eigenvalue weighted by molar-refractivity contribution is 7.99. The number of halogens is 4. The van der Waals surface area contributed by atoms with Gasteiger partial charge in [0, 0.05) is 39.4 Å². The van der Waals surface area contributed by atoms with E-state index in [2.05, 4.69) is 4.98 Å². The Morgan fingerprint density at radius 2 is 1.85 bits per heavy atom. The standard InChI is InChI=1S/C23H24ClF3N2O3S/c1-3-29(4-2)11-15(30)12-33-21-20(17-10-14(24)6-8-19(17)31)16-9-13(23(25,26)27)5-7-18(16)28-22(21)32/h5-10,15,30-31H,3-4,11-12H2,1-2H3,(H,28,32). The number of hydrogen-bond donors (Lipinski definition) is 3. The van der Waals surface area contributed by atoms with E-state index in [1.807, 2.05) is 18.7 Å². The summed E-state index contributed by atoms with van der Waals surface area (Å²) >= 11 is 7.13. The van der Waals surface area contributed by atoms with E-state index in [1.165, 1.54) is 24.3 Å². The van der Waals surface area contributed by atoms with Crippen LogP contribution in [0.5, 0.6) is 5.75 Å². The van der Waals surface area contributed by atoms with Gasteiger partial charge in [-0.05, 0) is 49.5 Å². The number of likely N-dealkylation sites (N-methyl/N-ethyl adjacent to an activating group) is 1. The first-order chi connectivity index (χ1) is 15.5. The third kappa shape index (κ3) is 5.84. The maximum absolute atomic E-state index is 13.4. The van der Waals surface area contributed by atoms with E-state index in [1.54, 1.807) is 0 Å². The van der Waals surface area contributed by atoms with Crippen molar-refractivity contribution in [3.8, 4) is 16.9 Å². The van der Waals surface area contributed by atoms with Crippen LogP contribution >= 0.6 is 23.4 Å². The summed E-state index contributed by atoms with van der Waals surface area (Å²) in [4.78, 5) is 17.7. The Labute approximate surface area is 198 Å². The van der Waals surface area contributed by atoms with Crippen LogP contribution in [-0.2, 0) is 6.18 Å². The van der Waals surface area contributed by atoms with Crippen LogP contribution in [0.2, 0.25) is 5.02 Å². The van der Waals surface area contributed by atoms with E-state index >= 15 is 0 Å². The van der Waals surface area contributed by atoms with Crippen molar-refractivity contribution in [3.05, 3.63) is 57.3 Å². The number of aromatic amines is 1. The summed E-state index contributed by atoms with van der Waals surface area (Å²) in [5, 5.41) is 21.3. The Hall–Kier alpha value is -2.20. The Morgan fingerprint density at radius 3 is 2.48 bits per heavy atom. The fraction of sp³-hybridized carbons (Fsp3) is 0.348. The maximum atomic E-state index is 13.4. The molecule has 178 valence electrons. The zero-order chi connectivity index (χ0) is 24.3. The summed E-state index contributed by atoms with van der Waals surface area (Å²) in [5.41, 5.74) is -0.951. The molecule has 1 heterocycles. The van der Waals surface area contributed by atoms with Crippen molar-refractivity contribution in [2.24, 2.45) is 0 Å². The first-order valence-electron chi connectivity index (χ1n) is 10.3. The number of phenols is 1. The number of nitrogens with one attached hydrogen (secondary N) is 1. The molecule has 0 saturated heterocycles. The predicted molar refractivity (Wildman–Crippen MR) is 126 cm³/mol. The molecule has 3 N–H and O–H groups in total. The van der Waals surface area contributed by atoms with Crippen molar-refractivity contribution in [2.75, 3.05) is 25.4 Å². The molecular weight excluding hydrogens is 477 g/mol. The van der Waals surface area contributed by atoms with Gasteiger partial charge in [0.2, 0.25) is 0 Å². The lowest BCUT2D eigenvalue weighted by molar-refractivity contribution is -0.137. The molecule has 1 aromatic heterocycles. The van der Waals surface area contributed by atoms with Gasteiger partial charge in [0.05, 0.1) is 16.6 Å². The van der Waals surface area contributed by atoms with Gasteiger partial charge in [0.1, 0.15) is 5.75 Å². The molecule has 5 nitrogen and oxygen atoms in total. The van der Waals surface area contributed by atoms with Crippen LogP contribution < -0.4 is 5.56 Å². The number of aliphatic hydroxyl groups is 1. The Kier molecular flexibility index (Phi) is 8.00. The minimum atomic E-state index is -4.59. The van der Waals surface area contributed by atoms with Crippen LogP contribution in [-0.4, -0.2) is 51.6 Å². The largest absolute Gasteiger partial charge is 0.507 e. The minimum absolute atomic E-state index is 0.0954. The third-order valence-electron chi connectivity index (χ3n) is 5.31. The number of alkyl halides is 3. The Balaban J connectivity index is 2.18. The number of aromatic nitrogens is 1. The molecule has 2 aromatic carbocycles. The molecule has 0 aliphatic rings. The van der Waals surface area contributed by atoms with Crippen molar-refractivity contribution >= 4 is 34.3 Å². The van der Waals surface area contributed by atoms with Crippen LogP contribution in [0.15, 0.2) is 46.1 Å². The molecule has 0 fully saturated rings. The minimum Gasteiger partial charge on any atom is -0.507 e. The number of aliphatic hydroxyl groups excluding tert-OH is 1. The second kappa shape index (κ2) is 10.4. The molecule has 10 heteroatoms. The molecule has 0 spiro atoms. The number of benzene rings is 2. The topological polar surface area (TPSA) is 76.6 Å². The summed E-state index contributed by atoms with van der Waals surface area (Å²) in [6, 6.07) is 7.19. The van der Waals surface area contributed by atoms with Crippen molar-refractivity contribution in [1.29, 1.82) is 0 Å². The average Bonchev–Trinajstić information content (AvgIpc) is 2.76. The van der Waals surface area contributed by atoms with E-state index in [4.69, 9.17) is 11.6 Å². The molecule has 0 bridgehead atoms. The number of fused-ring (bicyclic) bond motifs is 1. The predicted octanol–water partition coefficient (Wildman–Crippen LogP) is 5.37. The number of rotatable bonds is 8. The monoisotopic (exact) mass is 500 g/mol. The highest BCUT2D eigenvalue weighted by Gasteiger charge is 2.31. The van der Waals surface area contributed by atoms with Crippen LogP contribution in [0.3, 0.4) is 0 Å². The van der Waals surface area contributed by atoms with Gasteiger partial charge in [-0.2, -0.15) is 13.2 Å². The van der Waals surface area contributed by atoms with E-state index in [0.717, 1.165) is 37.0 Å². The molecule has 0 amide bonds. The van der Waals surface area contributed by atoms with Gasteiger partial charge in [-0.15, -0.1) is 11.8 Å². The van der Waals surface area contributed by atoms with Crippen molar-refractivity contribution in [2.45, 2.75) is 31.0 Å². The number of aromatic hydroxyl groups is 1. The molecule has 0 aliphatic carbocycles. The van der Waals surface area contributed by atoms with Crippen molar-refractivity contribution in [3.63, 3.8) is 0 Å². The lowest BCUT2D eigenvalue weighted by Crippen LogP contribution is -2.33. The van der Waals surface area contributed by atoms with Crippen LogP contribution in [0.4, 0.5) is 13.2 Å².